The SMILES string of the molecule is COc1cc(CS(=O)c2ccc(Cl)cc2)ccc1CN. The first-order valence-corrected chi connectivity index (χ1v) is 7.83. The van der Waals surface area contributed by atoms with Gasteiger partial charge in [0, 0.05) is 22.0 Å². The van der Waals surface area contributed by atoms with E-state index in [4.69, 9.17) is 22.1 Å². The van der Waals surface area contributed by atoms with Gasteiger partial charge >= 0.3 is 0 Å². The smallest absolute Gasteiger partial charge is 0.123 e. The molecule has 0 saturated carbocycles. The van der Waals surface area contributed by atoms with Crippen molar-refractivity contribution in [1.29, 1.82) is 0 Å². The van der Waals surface area contributed by atoms with Gasteiger partial charge in [-0.15, -0.1) is 0 Å². The van der Waals surface area contributed by atoms with Crippen LogP contribution in [0.2, 0.25) is 5.02 Å². The van der Waals surface area contributed by atoms with Crippen molar-refractivity contribution in [3.8, 4) is 5.75 Å². The lowest BCUT2D eigenvalue weighted by molar-refractivity contribution is 0.409. The summed E-state index contributed by atoms with van der Waals surface area (Å²) in [5.74, 6) is 1.17. The molecule has 0 aromatic heterocycles. The summed E-state index contributed by atoms with van der Waals surface area (Å²) in [4.78, 5) is 0.760. The Labute approximate surface area is 126 Å². The van der Waals surface area contributed by atoms with Crippen LogP contribution in [0.15, 0.2) is 47.4 Å². The van der Waals surface area contributed by atoms with Crippen molar-refractivity contribution in [3.63, 3.8) is 0 Å². The third-order valence-electron chi connectivity index (χ3n) is 2.95. The van der Waals surface area contributed by atoms with Gasteiger partial charge in [0.2, 0.25) is 0 Å². The van der Waals surface area contributed by atoms with Crippen molar-refractivity contribution in [2.45, 2.75) is 17.2 Å². The van der Waals surface area contributed by atoms with Crippen LogP contribution in [-0.4, -0.2) is 11.3 Å². The maximum atomic E-state index is 12.3. The second-order valence-electron chi connectivity index (χ2n) is 4.29. The van der Waals surface area contributed by atoms with E-state index in [2.05, 4.69) is 0 Å². The Morgan fingerprint density at radius 3 is 2.50 bits per heavy atom. The topological polar surface area (TPSA) is 52.3 Å². The van der Waals surface area contributed by atoms with E-state index in [9.17, 15) is 4.21 Å². The Morgan fingerprint density at radius 1 is 1.20 bits per heavy atom. The summed E-state index contributed by atoms with van der Waals surface area (Å²) in [6.45, 7) is 0.420. The number of hydrogen-bond donors (Lipinski definition) is 1. The van der Waals surface area contributed by atoms with Crippen molar-refractivity contribution in [2.24, 2.45) is 5.73 Å². The molecule has 2 aromatic rings. The predicted octanol–water partition coefficient (Wildman–Crippen LogP) is 3.12. The largest absolute Gasteiger partial charge is 0.496 e. The molecule has 1 atom stereocenters. The second-order valence-corrected chi connectivity index (χ2v) is 6.18. The number of hydrogen-bond acceptors (Lipinski definition) is 3. The molecule has 0 saturated heterocycles. The summed E-state index contributed by atoms with van der Waals surface area (Å²) in [5.41, 5.74) is 7.52. The molecule has 0 spiro atoms. The molecule has 0 aliphatic carbocycles. The molecule has 1 unspecified atom stereocenters. The van der Waals surface area contributed by atoms with Gasteiger partial charge in [0.05, 0.1) is 23.7 Å². The number of methoxy groups -OCH3 is 1. The van der Waals surface area contributed by atoms with E-state index in [0.717, 1.165) is 21.8 Å². The van der Waals surface area contributed by atoms with Gasteiger partial charge in [0.15, 0.2) is 0 Å². The number of nitrogens with two attached hydrogens (primary N) is 1. The molecule has 20 heavy (non-hydrogen) atoms. The average Bonchev–Trinajstić information content (AvgIpc) is 2.47. The lowest BCUT2D eigenvalue weighted by Crippen LogP contribution is -2.02. The Kier molecular flexibility index (Phi) is 5.17. The van der Waals surface area contributed by atoms with Crippen molar-refractivity contribution >= 4 is 22.4 Å². The predicted molar refractivity (Wildman–Crippen MR) is 82.4 cm³/mol. The molecule has 0 aliphatic rings. The van der Waals surface area contributed by atoms with Crippen molar-refractivity contribution in [2.75, 3.05) is 7.11 Å². The van der Waals surface area contributed by atoms with E-state index in [0.29, 0.717) is 17.3 Å². The summed E-state index contributed by atoms with van der Waals surface area (Å²) in [6, 6.07) is 12.8. The quantitative estimate of drug-likeness (QED) is 0.923. The summed E-state index contributed by atoms with van der Waals surface area (Å²) in [7, 11) is 0.499. The first-order chi connectivity index (χ1) is 9.63. The molecule has 0 radical (unpaired) electrons. The second kappa shape index (κ2) is 6.88. The molecule has 2 aromatic carbocycles. The van der Waals surface area contributed by atoms with Gasteiger partial charge in [0.25, 0.3) is 0 Å². The highest BCUT2D eigenvalue weighted by molar-refractivity contribution is 7.84. The normalized spacial score (nSPS) is 12.2. The zero-order chi connectivity index (χ0) is 14.5. The lowest BCUT2D eigenvalue weighted by Gasteiger charge is -2.09. The maximum absolute atomic E-state index is 12.3. The van der Waals surface area contributed by atoms with Gasteiger partial charge < -0.3 is 10.5 Å². The molecule has 0 bridgehead atoms. The van der Waals surface area contributed by atoms with Crippen molar-refractivity contribution in [3.05, 3.63) is 58.6 Å². The highest BCUT2D eigenvalue weighted by Gasteiger charge is 2.08. The molecule has 0 aliphatic heterocycles. The summed E-state index contributed by atoms with van der Waals surface area (Å²) >= 11 is 5.82. The van der Waals surface area contributed by atoms with Crippen LogP contribution in [0, 0.1) is 0 Å². The number of benzene rings is 2. The first-order valence-electron chi connectivity index (χ1n) is 6.14. The van der Waals surface area contributed by atoms with E-state index >= 15 is 0 Å². The van der Waals surface area contributed by atoms with Crippen LogP contribution < -0.4 is 10.5 Å². The molecule has 2 rings (SSSR count). The molecule has 0 amide bonds. The van der Waals surface area contributed by atoms with E-state index < -0.39 is 10.8 Å². The number of rotatable bonds is 5. The fourth-order valence-corrected chi connectivity index (χ4v) is 3.08. The minimum atomic E-state index is -1.11. The van der Waals surface area contributed by atoms with Crippen LogP contribution in [0.5, 0.6) is 5.75 Å². The van der Waals surface area contributed by atoms with Crippen LogP contribution in [0.1, 0.15) is 11.1 Å². The minimum absolute atomic E-state index is 0.420. The monoisotopic (exact) mass is 309 g/mol. The van der Waals surface area contributed by atoms with Crippen molar-refractivity contribution < 1.29 is 8.95 Å². The standard InChI is InChI=1S/C15H16ClNO2S/c1-19-15-8-11(2-3-12(15)9-17)10-20(18)14-6-4-13(16)5-7-14/h2-8H,9-10,17H2,1H3. The van der Waals surface area contributed by atoms with Crippen LogP contribution in [-0.2, 0) is 23.1 Å². The van der Waals surface area contributed by atoms with Crippen molar-refractivity contribution in [1.82, 2.24) is 0 Å². The van der Waals surface area contributed by atoms with E-state index in [1.54, 1.807) is 31.4 Å². The van der Waals surface area contributed by atoms with Gasteiger partial charge in [0.1, 0.15) is 5.75 Å². The maximum Gasteiger partial charge on any atom is 0.123 e. The Balaban J connectivity index is 2.17. The fourth-order valence-electron chi connectivity index (χ4n) is 1.87. The molecule has 106 valence electrons. The Morgan fingerprint density at radius 2 is 1.90 bits per heavy atom. The molecule has 0 fully saturated rings. The zero-order valence-corrected chi connectivity index (χ0v) is 12.7. The molecule has 0 heterocycles. The van der Waals surface area contributed by atoms with E-state index in [1.165, 1.54) is 0 Å². The van der Waals surface area contributed by atoms with Gasteiger partial charge in [-0.3, -0.25) is 4.21 Å². The molecular weight excluding hydrogens is 294 g/mol. The minimum Gasteiger partial charge on any atom is -0.496 e. The molecular formula is C15H16ClNO2S. The van der Waals surface area contributed by atoms with Gasteiger partial charge in [-0.25, -0.2) is 0 Å². The Hall–Kier alpha value is -1.36. The van der Waals surface area contributed by atoms with Crippen LogP contribution in [0.3, 0.4) is 0 Å². The summed E-state index contributed by atoms with van der Waals surface area (Å²) in [6.07, 6.45) is 0. The average molecular weight is 310 g/mol. The molecule has 2 N–H and O–H groups in total. The highest BCUT2D eigenvalue weighted by Crippen LogP contribution is 2.22. The van der Waals surface area contributed by atoms with E-state index in [-0.39, 0.29) is 0 Å². The molecule has 5 heteroatoms. The van der Waals surface area contributed by atoms with Crippen LogP contribution in [0.4, 0.5) is 0 Å². The lowest BCUT2D eigenvalue weighted by atomic mass is 10.1. The van der Waals surface area contributed by atoms with Gasteiger partial charge in [-0.1, -0.05) is 23.7 Å². The number of ether oxygens (including phenoxy) is 1. The Bertz CT molecular complexity index is 614. The first kappa shape index (κ1) is 15.0. The van der Waals surface area contributed by atoms with E-state index in [1.807, 2.05) is 18.2 Å². The van der Waals surface area contributed by atoms with Crippen LogP contribution >= 0.6 is 11.6 Å². The molecule has 3 nitrogen and oxygen atoms in total. The zero-order valence-electron chi connectivity index (χ0n) is 11.1. The summed E-state index contributed by atoms with van der Waals surface area (Å²) in [5, 5.41) is 0.639. The summed E-state index contributed by atoms with van der Waals surface area (Å²) < 4.78 is 17.6. The fraction of sp³-hybridized carbons (Fsp3) is 0.200. The third kappa shape index (κ3) is 3.60. The van der Waals surface area contributed by atoms with Gasteiger partial charge in [-0.2, -0.15) is 0 Å². The highest BCUT2D eigenvalue weighted by atomic mass is 35.5. The van der Waals surface area contributed by atoms with Crippen LogP contribution in [0.25, 0.3) is 0 Å². The number of halogens is 1. The third-order valence-corrected chi connectivity index (χ3v) is 4.59. The van der Waals surface area contributed by atoms with Gasteiger partial charge in [-0.05, 0) is 35.9 Å².